The van der Waals surface area contributed by atoms with Gasteiger partial charge in [-0.2, -0.15) is 0 Å². The van der Waals surface area contributed by atoms with Crippen molar-refractivity contribution in [3.05, 3.63) is 29.8 Å². The quantitative estimate of drug-likeness (QED) is 0.251. The van der Waals surface area contributed by atoms with E-state index in [2.05, 4.69) is 10.6 Å². The Labute approximate surface area is 177 Å². The third kappa shape index (κ3) is 8.38. The second kappa shape index (κ2) is 12.8. The van der Waals surface area contributed by atoms with Crippen LogP contribution in [0.1, 0.15) is 45.1 Å². The summed E-state index contributed by atoms with van der Waals surface area (Å²) in [7, 11) is 0. The van der Waals surface area contributed by atoms with Gasteiger partial charge in [-0.05, 0) is 43.0 Å². The van der Waals surface area contributed by atoms with E-state index in [0.717, 1.165) is 6.42 Å². The zero-order chi connectivity index (χ0) is 22.7. The zero-order valence-corrected chi connectivity index (χ0v) is 17.6. The molecule has 0 aliphatic rings. The van der Waals surface area contributed by atoms with E-state index >= 15 is 0 Å². The highest BCUT2D eigenvalue weighted by molar-refractivity contribution is 5.92. The number of amides is 2. The molecule has 9 nitrogen and oxygen atoms in total. The Morgan fingerprint density at radius 1 is 1.07 bits per heavy atom. The van der Waals surface area contributed by atoms with E-state index in [1.165, 1.54) is 12.1 Å². The van der Waals surface area contributed by atoms with Crippen LogP contribution in [0, 0.1) is 5.92 Å². The van der Waals surface area contributed by atoms with E-state index in [-0.39, 0.29) is 18.1 Å². The Kier molecular flexibility index (Phi) is 10.8. The number of aromatic hydroxyl groups is 1. The number of nitrogens with one attached hydrogen (secondary N) is 2. The Morgan fingerprint density at radius 2 is 1.70 bits per heavy atom. The van der Waals surface area contributed by atoms with Crippen molar-refractivity contribution >= 4 is 17.8 Å². The fourth-order valence-electron chi connectivity index (χ4n) is 2.93. The van der Waals surface area contributed by atoms with Crippen molar-refractivity contribution in [3.63, 3.8) is 0 Å². The van der Waals surface area contributed by atoms with Gasteiger partial charge in [0.2, 0.25) is 11.8 Å². The summed E-state index contributed by atoms with van der Waals surface area (Å²) >= 11 is 0. The molecular weight excluding hydrogens is 388 g/mol. The topological polar surface area (TPSA) is 168 Å². The lowest BCUT2D eigenvalue weighted by atomic mass is 9.98. The van der Waals surface area contributed by atoms with Gasteiger partial charge in [-0.3, -0.25) is 9.59 Å². The molecule has 0 bridgehead atoms. The molecular formula is C21H34N4O5. The van der Waals surface area contributed by atoms with E-state index in [0.29, 0.717) is 31.4 Å². The van der Waals surface area contributed by atoms with Crippen molar-refractivity contribution in [2.24, 2.45) is 17.4 Å². The molecule has 9 heteroatoms. The average Bonchev–Trinajstić information content (AvgIpc) is 2.72. The van der Waals surface area contributed by atoms with E-state index < -0.39 is 35.9 Å². The van der Waals surface area contributed by atoms with Gasteiger partial charge in [0.05, 0.1) is 6.04 Å². The number of benzene rings is 1. The minimum Gasteiger partial charge on any atom is -0.508 e. The van der Waals surface area contributed by atoms with Gasteiger partial charge in [-0.25, -0.2) is 4.79 Å². The minimum atomic E-state index is -1.13. The molecule has 30 heavy (non-hydrogen) atoms. The minimum absolute atomic E-state index is 0.0772. The van der Waals surface area contributed by atoms with Crippen LogP contribution in [0.4, 0.5) is 0 Å². The molecule has 0 saturated carbocycles. The van der Waals surface area contributed by atoms with Crippen LogP contribution in [0.15, 0.2) is 24.3 Å². The first kappa shape index (κ1) is 25.4. The van der Waals surface area contributed by atoms with E-state index in [9.17, 15) is 24.6 Å². The van der Waals surface area contributed by atoms with Gasteiger partial charge in [0, 0.05) is 6.42 Å². The first-order valence-corrected chi connectivity index (χ1v) is 10.3. The van der Waals surface area contributed by atoms with E-state index in [1.807, 2.05) is 6.92 Å². The van der Waals surface area contributed by atoms with Crippen molar-refractivity contribution in [2.75, 3.05) is 6.54 Å². The molecule has 0 heterocycles. The van der Waals surface area contributed by atoms with Crippen LogP contribution in [-0.4, -0.2) is 52.7 Å². The second-order valence-corrected chi connectivity index (χ2v) is 7.53. The molecule has 4 atom stereocenters. The maximum Gasteiger partial charge on any atom is 0.326 e. The summed E-state index contributed by atoms with van der Waals surface area (Å²) in [5.41, 5.74) is 12.1. The maximum atomic E-state index is 12.9. The van der Waals surface area contributed by atoms with Crippen LogP contribution in [0.2, 0.25) is 0 Å². The average molecular weight is 423 g/mol. The summed E-state index contributed by atoms with van der Waals surface area (Å²) in [6.45, 7) is 4.08. The summed E-state index contributed by atoms with van der Waals surface area (Å²) < 4.78 is 0. The zero-order valence-electron chi connectivity index (χ0n) is 17.6. The molecule has 8 N–H and O–H groups in total. The highest BCUT2D eigenvalue weighted by Crippen LogP contribution is 2.13. The molecule has 1 aromatic carbocycles. The van der Waals surface area contributed by atoms with Gasteiger partial charge in [-0.15, -0.1) is 0 Å². The van der Waals surface area contributed by atoms with Crippen LogP contribution < -0.4 is 22.1 Å². The van der Waals surface area contributed by atoms with Crippen LogP contribution in [0.3, 0.4) is 0 Å². The number of rotatable bonds is 13. The second-order valence-electron chi connectivity index (χ2n) is 7.53. The van der Waals surface area contributed by atoms with Gasteiger partial charge in [0.25, 0.3) is 0 Å². The van der Waals surface area contributed by atoms with Crippen molar-refractivity contribution < 1.29 is 24.6 Å². The number of carbonyl (C=O) groups excluding carboxylic acids is 2. The molecule has 0 spiro atoms. The molecule has 0 saturated heterocycles. The van der Waals surface area contributed by atoms with Gasteiger partial charge in [-0.1, -0.05) is 38.8 Å². The van der Waals surface area contributed by atoms with Crippen LogP contribution in [0.5, 0.6) is 5.75 Å². The van der Waals surface area contributed by atoms with Crippen molar-refractivity contribution in [2.45, 2.75) is 64.1 Å². The predicted octanol–water partition coefficient (Wildman–Crippen LogP) is 0.491. The monoisotopic (exact) mass is 422 g/mol. The van der Waals surface area contributed by atoms with Gasteiger partial charge in [0.15, 0.2) is 0 Å². The van der Waals surface area contributed by atoms with E-state index in [1.54, 1.807) is 19.1 Å². The fraction of sp³-hybridized carbons (Fsp3) is 0.571. The third-order valence-electron chi connectivity index (χ3n) is 5.09. The summed E-state index contributed by atoms with van der Waals surface area (Å²) in [6, 6.07) is 3.34. The first-order chi connectivity index (χ1) is 14.2. The Bertz CT molecular complexity index is 695. The number of phenols is 1. The van der Waals surface area contributed by atoms with Gasteiger partial charge >= 0.3 is 5.97 Å². The van der Waals surface area contributed by atoms with E-state index in [4.69, 9.17) is 11.5 Å². The molecule has 0 unspecified atom stereocenters. The number of hydrogen-bond donors (Lipinski definition) is 6. The normalized spacial score (nSPS) is 14.9. The highest BCUT2D eigenvalue weighted by atomic mass is 16.4. The molecule has 168 valence electrons. The third-order valence-corrected chi connectivity index (χ3v) is 5.09. The molecule has 0 aromatic heterocycles. The summed E-state index contributed by atoms with van der Waals surface area (Å²) in [5.74, 6) is -2.42. The van der Waals surface area contributed by atoms with Gasteiger partial charge in [0.1, 0.15) is 17.8 Å². The number of carboxylic acid groups (broad SMARTS) is 1. The maximum absolute atomic E-state index is 12.9. The Hall–Kier alpha value is -2.65. The van der Waals surface area contributed by atoms with Crippen molar-refractivity contribution in [3.8, 4) is 5.75 Å². The first-order valence-electron chi connectivity index (χ1n) is 10.3. The van der Waals surface area contributed by atoms with Crippen molar-refractivity contribution in [1.29, 1.82) is 0 Å². The highest BCUT2D eigenvalue weighted by Gasteiger charge is 2.30. The SMILES string of the molecule is CC[C@H](C)[C@H](NC(=O)[C@H](Cc1ccc(O)cc1)NC(=O)[C@@H](N)CCCCN)C(=O)O. The number of nitrogens with two attached hydrogens (primary N) is 2. The largest absolute Gasteiger partial charge is 0.508 e. The number of hydrogen-bond acceptors (Lipinski definition) is 6. The van der Waals surface area contributed by atoms with Crippen LogP contribution in [0.25, 0.3) is 0 Å². The van der Waals surface area contributed by atoms with Crippen LogP contribution in [-0.2, 0) is 20.8 Å². The number of unbranched alkanes of at least 4 members (excludes halogenated alkanes) is 1. The van der Waals surface area contributed by atoms with Crippen LogP contribution >= 0.6 is 0 Å². The number of carboxylic acids is 1. The fourth-order valence-corrected chi connectivity index (χ4v) is 2.93. The lowest BCUT2D eigenvalue weighted by molar-refractivity contribution is -0.143. The summed E-state index contributed by atoms with van der Waals surface area (Å²) in [6.07, 6.45) is 2.56. The molecule has 1 aromatic rings. The molecule has 0 radical (unpaired) electrons. The lowest BCUT2D eigenvalue weighted by Gasteiger charge is -2.25. The molecule has 0 aliphatic heterocycles. The number of carbonyl (C=O) groups is 3. The Morgan fingerprint density at radius 3 is 2.23 bits per heavy atom. The summed E-state index contributed by atoms with van der Waals surface area (Å²) in [5, 5.41) is 24.1. The number of phenolic OH excluding ortho intramolecular Hbond substituents is 1. The predicted molar refractivity (Wildman–Crippen MR) is 114 cm³/mol. The standard InChI is InChI=1S/C21H34N4O5/c1-3-13(2)18(21(29)30)25-20(28)17(12-14-7-9-15(26)10-8-14)24-19(27)16(23)6-4-5-11-22/h7-10,13,16-18,26H,3-6,11-12,22-23H2,1-2H3,(H,24,27)(H,25,28)(H,29,30)/t13-,16-,17-,18-/m0/s1. The molecule has 0 fully saturated rings. The Balaban J connectivity index is 2.95. The molecule has 0 aliphatic carbocycles. The molecule has 2 amide bonds. The molecule has 1 rings (SSSR count). The smallest absolute Gasteiger partial charge is 0.326 e. The van der Waals surface area contributed by atoms with Gasteiger partial charge < -0.3 is 32.3 Å². The summed E-state index contributed by atoms with van der Waals surface area (Å²) in [4.78, 5) is 36.9. The van der Waals surface area contributed by atoms with Crippen molar-refractivity contribution in [1.82, 2.24) is 10.6 Å². The lowest BCUT2D eigenvalue weighted by Crippen LogP contribution is -2.56. The number of aliphatic carboxylic acids is 1.